The van der Waals surface area contributed by atoms with Gasteiger partial charge in [0.25, 0.3) is 10.1 Å². The van der Waals surface area contributed by atoms with Gasteiger partial charge in [0.2, 0.25) is 0 Å². The van der Waals surface area contributed by atoms with Crippen molar-refractivity contribution >= 4 is 10.1 Å². The third kappa shape index (κ3) is 12.5. The topological polar surface area (TPSA) is 43.4 Å². The molecule has 0 aromatic rings. The van der Waals surface area contributed by atoms with Crippen molar-refractivity contribution in [2.24, 2.45) is 0 Å². The minimum Gasteiger partial charge on any atom is -1.00 e. The smallest absolute Gasteiger partial charge is 1.00 e. The van der Waals surface area contributed by atoms with Crippen LogP contribution in [0.3, 0.4) is 0 Å². The van der Waals surface area contributed by atoms with Crippen molar-refractivity contribution < 1.29 is 65.4 Å². The molecule has 0 bridgehead atoms. The molecule has 0 rings (SSSR count). The van der Waals surface area contributed by atoms with Crippen molar-refractivity contribution in [2.45, 2.75) is 0 Å². The van der Waals surface area contributed by atoms with Gasteiger partial charge in [-0.15, -0.1) is 6.58 Å². The molecular formula is C4H9KO3S. The van der Waals surface area contributed by atoms with E-state index in [2.05, 4.69) is 10.8 Å². The first-order valence-electron chi connectivity index (χ1n) is 2.01. The van der Waals surface area contributed by atoms with Gasteiger partial charge in [-0.25, -0.2) is 0 Å². The van der Waals surface area contributed by atoms with Crippen LogP contribution in [-0.2, 0) is 14.3 Å². The van der Waals surface area contributed by atoms with Crippen LogP contribution in [0.25, 0.3) is 0 Å². The van der Waals surface area contributed by atoms with Crippen LogP contribution < -0.4 is 51.4 Å². The van der Waals surface area contributed by atoms with Gasteiger partial charge in [0, 0.05) is 0 Å². The van der Waals surface area contributed by atoms with Crippen molar-refractivity contribution in [3.05, 3.63) is 12.7 Å². The van der Waals surface area contributed by atoms with E-state index in [4.69, 9.17) is 0 Å². The summed E-state index contributed by atoms with van der Waals surface area (Å²) in [6.07, 6.45) is 2.37. The molecule has 0 N–H and O–H groups in total. The maximum absolute atomic E-state index is 10.1. The van der Waals surface area contributed by atoms with Gasteiger partial charge in [0.1, 0.15) is 0 Å². The molecule has 9 heavy (non-hydrogen) atoms. The minimum atomic E-state index is -3.26. The Hall–Kier alpha value is 1.29. The molecule has 0 saturated heterocycles. The molecule has 0 spiro atoms. The molecule has 0 radical (unpaired) electrons. The second kappa shape index (κ2) is 6.03. The van der Waals surface area contributed by atoms with Crippen LogP contribution in [0.15, 0.2) is 12.7 Å². The summed E-state index contributed by atoms with van der Waals surface area (Å²) in [5.74, 6) is 0. The molecule has 0 atom stereocenters. The molecule has 0 saturated carbocycles. The van der Waals surface area contributed by atoms with E-state index in [1.807, 2.05) is 0 Å². The summed E-state index contributed by atoms with van der Waals surface area (Å²) in [6.45, 7) is 3.33. The van der Waals surface area contributed by atoms with Crippen LogP contribution in [0.4, 0.5) is 0 Å². The Morgan fingerprint density at radius 2 is 2.22 bits per heavy atom. The molecule has 5 heteroatoms. The van der Waals surface area contributed by atoms with Gasteiger partial charge in [-0.2, -0.15) is 8.42 Å². The number of hydrogen-bond acceptors (Lipinski definition) is 3. The van der Waals surface area contributed by atoms with Crippen LogP contribution in [0.2, 0.25) is 0 Å². The van der Waals surface area contributed by atoms with Crippen molar-refractivity contribution in [1.29, 1.82) is 0 Å². The van der Waals surface area contributed by atoms with Crippen LogP contribution in [0, 0.1) is 0 Å². The third-order valence-electron chi connectivity index (χ3n) is 0.400. The first-order chi connectivity index (χ1) is 3.56. The fraction of sp³-hybridized carbons (Fsp3) is 0.500. The third-order valence-corrected chi connectivity index (χ3v) is 0.964. The average Bonchev–Trinajstić information content (AvgIpc) is 1.59. The Morgan fingerprint density at radius 3 is 2.33 bits per heavy atom. The second-order valence-electron chi connectivity index (χ2n) is 1.28. The fourth-order valence-electron chi connectivity index (χ4n) is 0.172. The molecule has 0 fully saturated rings. The van der Waals surface area contributed by atoms with E-state index < -0.39 is 10.1 Å². The standard InChI is InChI=1S/C4H8O3S.K.H/c1-3-4-7-8(2,5)6;;/h3H,1,4H2,2H3;;/q;+1;-1. The largest absolute Gasteiger partial charge is 1.00 e. The van der Waals surface area contributed by atoms with Gasteiger partial charge in [0.15, 0.2) is 0 Å². The van der Waals surface area contributed by atoms with E-state index in [0.717, 1.165) is 6.26 Å². The number of rotatable bonds is 3. The maximum Gasteiger partial charge on any atom is 1.00 e. The zero-order valence-electron chi connectivity index (χ0n) is 6.62. The Labute approximate surface area is 99.5 Å². The SMILES string of the molecule is C=CCOS(C)(=O)=O.[H-].[K+]. The summed E-state index contributed by atoms with van der Waals surface area (Å²) in [5, 5.41) is 0. The van der Waals surface area contributed by atoms with Gasteiger partial charge in [-0.1, -0.05) is 6.08 Å². The first kappa shape index (κ1) is 12.9. The van der Waals surface area contributed by atoms with E-state index in [1.165, 1.54) is 6.08 Å². The zero-order valence-corrected chi connectivity index (χ0v) is 9.56. The molecule has 0 aliphatic rings. The van der Waals surface area contributed by atoms with Gasteiger partial charge in [0.05, 0.1) is 12.9 Å². The quantitative estimate of drug-likeness (QED) is 0.266. The molecule has 0 aromatic heterocycles. The minimum absolute atomic E-state index is 0. The molecule has 3 nitrogen and oxygen atoms in total. The van der Waals surface area contributed by atoms with Gasteiger partial charge >= 0.3 is 51.4 Å². The first-order valence-corrected chi connectivity index (χ1v) is 3.83. The summed E-state index contributed by atoms with van der Waals surface area (Å²) < 4.78 is 24.5. The van der Waals surface area contributed by atoms with Crippen LogP contribution >= 0.6 is 0 Å². The Morgan fingerprint density at radius 1 is 1.78 bits per heavy atom. The molecule has 0 aliphatic carbocycles. The van der Waals surface area contributed by atoms with Gasteiger partial charge in [-0.3, -0.25) is 4.18 Å². The summed E-state index contributed by atoms with van der Waals surface area (Å²) in [6, 6.07) is 0. The predicted molar refractivity (Wildman–Crippen MR) is 32.1 cm³/mol. The second-order valence-corrected chi connectivity index (χ2v) is 2.92. The molecule has 0 amide bonds. The Kier molecular flexibility index (Phi) is 8.65. The zero-order chi connectivity index (χ0) is 6.62. The van der Waals surface area contributed by atoms with Crippen molar-refractivity contribution in [3.63, 3.8) is 0 Å². The summed E-state index contributed by atoms with van der Waals surface area (Å²) in [7, 11) is -3.26. The molecule has 0 heterocycles. The van der Waals surface area contributed by atoms with Crippen molar-refractivity contribution in [3.8, 4) is 0 Å². The maximum atomic E-state index is 10.1. The molecule has 0 unspecified atom stereocenters. The van der Waals surface area contributed by atoms with Crippen molar-refractivity contribution in [2.75, 3.05) is 12.9 Å². The molecular weight excluding hydrogens is 167 g/mol. The van der Waals surface area contributed by atoms with E-state index in [9.17, 15) is 8.42 Å². The Bertz CT molecular complexity index is 165. The summed E-state index contributed by atoms with van der Waals surface area (Å²) in [5.41, 5.74) is 0. The number of hydrogen-bond donors (Lipinski definition) is 0. The van der Waals surface area contributed by atoms with Gasteiger partial charge < -0.3 is 1.43 Å². The average molecular weight is 176 g/mol. The normalized spacial score (nSPS) is 9.89. The molecule has 0 aromatic carbocycles. The van der Waals surface area contributed by atoms with E-state index in [0.29, 0.717) is 0 Å². The van der Waals surface area contributed by atoms with Crippen LogP contribution in [0.5, 0.6) is 0 Å². The van der Waals surface area contributed by atoms with E-state index >= 15 is 0 Å². The Balaban J connectivity index is -0.000000245. The van der Waals surface area contributed by atoms with Crippen LogP contribution in [0.1, 0.15) is 1.43 Å². The predicted octanol–water partition coefficient (Wildman–Crippen LogP) is -2.73. The van der Waals surface area contributed by atoms with Gasteiger partial charge in [-0.05, 0) is 0 Å². The summed E-state index contributed by atoms with van der Waals surface area (Å²) in [4.78, 5) is 0. The van der Waals surface area contributed by atoms with E-state index in [-0.39, 0.29) is 59.4 Å². The molecule has 50 valence electrons. The fourth-order valence-corrected chi connectivity index (χ4v) is 0.515. The summed E-state index contributed by atoms with van der Waals surface area (Å²) >= 11 is 0. The van der Waals surface area contributed by atoms with Crippen molar-refractivity contribution in [1.82, 2.24) is 0 Å². The van der Waals surface area contributed by atoms with Crippen LogP contribution in [-0.4, -0.2) is 21.3 Å². The molecule has 0 aliphatic heterocycles. The van der Waals surface area contributed by atoms with E-state index in [1.54, 1.807) is 0 Å². The monoisotopic (exact) mass is 176 g/mol.